The van der Waals surface area contributed by atoms with E-state index in [2.05, 4.69) is 22.5 Å². The van der Waals surface area contributed by atoms with Gasteiger partial charge in [0.15, 0.2) is 5.96 Å². The number of nitrogens with zero attached hydrogens (tertiary/aromatic N) is 1. The Labute approximate surface area is 147 Å². The summed E-state index contributed by atoms with van der Waals surface area (Å²) in [6.07, 6.45) is 4.21. The molecule has 1 aromatic rings. The Bertz CT molecular complexity index is 569. The topological polar surface area (TPSA) is 45.7 Å². The quantitative estimate of drug-likeness (QED) is 0.450. The van der Waals surface area contributed by atoms with E-state index in [4.69, 9.17) is 4.74 Å². The average Bonchev–Trinajstić information content (AvgIpc) is 3.19. The van der Waals surface area contributed by atoms with Crippen LogP contribution in [0.15, 0.2) is 29.3 Å². The van der Waals surface area contributed by atoms with Gasteiger partial charge in [0, 0.05) is 18.1 Å². The molecule has 132 valence electrons. The van der Waals surface area contributed by atoms with Crippen molar-refractivity contribution in [2.24, 2.45) is 4.99 Å². The number of aliphatic imine (C=N–C) groups is 1. The predicted molar refractivity (Wildman–Crippen MR) is 98.0 cm³/mol. The van der Waals surface area contributed by atoms with Crippen LogP contribution in [0.3, 0.4) is 0 Å². The second-order valence-electron chi connectivity index (χ2n) is 6.27. The molecule has 0 saturated carbocycles. The van der Waals surface area contributed by atoms with Gasteiger partial charge in [-0.05, 0) is 37.8 Å². The number of guanidine groups is 1. The minimum atomic E-state index is -0.125. The predicted octanol–water partition coefficient (Wildman–Crippen LogP) is 2.93. The smallest absolute Gasteiger partial charge is 0.191 e. The summed E-state index contributed by atoms with van der Waals surface area (Å²) in [7, 11) is 0. The highest BCUT2D eigenvalue weighted by atomic mass is 32.2. The standard InChI is InChI=1S/C18H26FN3OS/c1-2-20-18(22-16-11-14-7-8-17(16)23-14)21-9-10-24-12-13-5-3-4-6-15(13)19/h3-6,14,16-17H,2,7-12H2,1H3,(H2,20,21,22). The molecule has 1 aromatic carbocycles. The molecule has 0 aliphatic carbocycles. The number of fused-ring (bicyclic) bond motifs is 2. The number of ether oxygens (including phenoxy) is 1. The Morgan fingerprint density at radius 1 is 1.38 bits per heavy atom. The van der Waals surface area contributed by atoms with E-state index in [1.54, 1.807) is 17.8 Å². The van der Waals surface area contributed by atoms with Crippen molar-refractivity contribution < 1.29 is 9.13 Å². The molecule has 3 unspecified atom stereocenters. The summed E-state index contributed by atoms with van der Waals surface area (Å²) >= 11 is 1.71. The van der Waals surface area contributed by atoms with Gasteiger partial charge in [0.05, 0.1) is 24.8 Å². The number of nitrogens with one attached hydrogen (secondary N) is 2. The highest BCUT2D eigenvalue weighted by molar-refractivity contribution is 7.98. The zero-order valence-electron chi connectivity index (χ0n) is 14.1. The lowest BCUT2D eigenvalue weighted by molar-refractivity contribution is 0.0992. The molecule has 2 heterocycles. The molecule has 2 aliphatic rings. The fourth-order valence-electron chi connectivity index (χ4n) is 3.30. The molecule has 0 radical (unpaired) electrons. The van der Waals surface area contributed by atoms with Gasteiger partial charge in [-0.2, -0.15) is 11.8 Å². The van der Waals surface area contributed by atoms with Crippen molar-refractivity contribution in [2.75, 3.05) is 18.8 Å². The molecule has 0 amide bonds. The second-order valence-corrected chi connectivity index (χ2v) is 7.37. The molecule has 0 aromatic heterocycles. The lowest BCUT2D eigenvalue weighted by Gasteiger charge is -2.22. The van der Waals surface area contributed by atoms with Crippen molar-refractivity contribution >= 4 is 17.7 Å². The van der Waals surface area contributed by atoms with Gasteiger partial charge in [-0.1, -0.05) is 18.2 Å². The molecule has 3 rings (SSSR count). The Balaban J connectivity index is 1.41. The maximum atomic E-state index is 13.6. The summed E-state index contributed by atoms with van der Waals surface area (Å²) in [5.74, 6) is 2.30. The molecular weight excluding hydrogens is 325 g/mol. The first-order valence-corrected chi connectivity index (χ1v) is 9.93. The van der Waals surface area contributed by atoms with Crippen LogP contribution in [0.4, 0.5) is 4.39 Å². The van der Waals surface area contributed by atoms with E-state index in [-0.39, 0.29) is 5.82 Å². The number of hydrogen-bond donors (Lipinski definition) is 2. The summed E-state index contributed by atoms with van der Waals surface area (Å²) in [5.41, 5.74) is 0.760. The lowest BCUT2D eigenvalue weighted by atomic mass is 9.96. The largest absolute Gasteiger partial charge is 0.373 e. The zero-order chi connectivity index (χ0) is 16.8. The highest BCUT2D eigenvalue weighted by Crippen LogP contribution is 2.34. The average molecular weight is 351 g/mol. The van der Waals surface area contributed by atoms with Crippen LogP contribution in [0.2, 0.25) is 0 Å². The van der Waals surface area contributed by atoms with Gasteiger partial charge < -0.3 is 15.4 Å². The first kappa shape index (κ1) is 17.5. The first-order chi connectivity index (χ1) is 11.8. The van der Waals surface area contributed by atoms with Crippen molar-refractivity contribution in [3.05, 3.63) is 35.6 Å². The van der Waals surface area contributed by atoms with E-state index in [9.17, 15) is 4.39 Å². The van der Waals surface area contributed by atoms with Crippen LogP contribution in [0.1, 0.15) is 31.7 Å². The molecule has 4 nitrogen and oxygen atoms in total. The number of halogens is 1. The Hall–Kier alpha value is -1.27. The molecule has 2 N–H and O–H groups in total. The highest BCUT2D eigenvalue weighted by Gasteiger charge is 2.41. The Morgan fingerprint density at radius 3 is 2.96 bits per heavy atom. The van der Waals surface area contributed by atoms with Crippen LogP contribution in [-0.2, 0) is 10.5 Å². The fourth-order valence-corrected chi connectivity index (χ4v) is 4.12. The van der Waals surface area contributed by atoms with Gasteiger partial charge in [-0.25, -0.2) is 4.39 Å². The molecule has 0 spiro atoms. The fraction of sp³-hybridized carbons (Fsp3) is 0.611. The first-order valence-electron chi connectivity index (χ1n) is 8.77. The third kappa shape index (κ3) is 4.63. The van der Waals surface area contributed by atoms with Crippen LogP contribution in [-0.4, -0.2) is 43.1 Å². The molecule has 2 aliphatic heterocycles. The van der Waals surface area contributed by atoms with E-state index in [1.165, 1.54) is 12.5 Å². The monoisotopic (exact) mass is 351 g/mol. The second kappa shape index (κ2) is 8.72. The number of hydrogen-bond acceptors (Lipinski definition) is 3. The number of thioether (sulfide) groups is 1. The molecule has 2 fully saturated rings. The SMILES string of the molecule is CCNC(=NCCSCc1ccccc1F)NC1CC2CCC1O2. The molecule has 6 heteroatoms. The molecule has 2 bridgehead atoms. The van der Waals surface area contributed by atoms with E-state index in [1.807, 2.05) is 12.1 Å². The summed E-state index contributed by atoms with van der Waals surface area (Å²) in [6.45, 7) is 3.63. The molecule has 2 saturated heterocycles. The van der Waals surface area contributed by atoms with Crippen molar-refractivity contribution in [1.29, 1.82) is 0 Å². The number of rotatable bonds is 7. The summed E-state index contributed by atoms with van der Waals surface area (Å²) in [4.78, 5) is 4.64. The Kier molecular flexibility index (Phi) is 6.37. The van der Waals surface area contributed by atoms with Gasteiger partial charge in [-0.15, -0.1) is 0 Å². The van der Waals surface area contributed by atoms with Crippen molar-refractivity contribution in [2.45, 2.75) is 50.2 Å². The maximum absolute atomic E-state index is 13.6. The van der Waals surface area contributed by atoms with Crippen molar-refractivity contribution in [3.8, 4) is 0 Å². The third-order valence-corrected chi connectivity index (χ3v) is 5.48. The van der Waals surface area contributed by atoms with Crippen LogP contribution >= 0.6 is 11.8 Å². The normalized spacial score (nSPS) is 25.9. The van der Waals surface area contributed by atoms with Gasteiger partial charge in [0.25, 0.3) is 0 Å². The zero-order valence-corrected chi connectivity index (χ0v) is 14.9. The van der Waals surface area contributed by atoms with Crippen LogP contribution in [0, 0.1) is 5.82 Å². The summed E-state index contributed by atoms with van der Waals surface area (Å²) in [5, 5.41) is 6.81. The molecule has 24 heavy (non-hydrogen) atoms. The molecule has 3 atom stereocenters. The lowest BCUT2D eigenvalue weighted by Crippen LogP contribution is -2.47. The van der Waals surface area contributed by atoms with Crippen molar-refractivity contribution in [1.82, 2.24) is 10.6 Å². The van der Waals surface area contributed by atoms with Crippen LogP contribution in [0.5, 0.6) is 0 Å². The van der Waals surface area contributed by atoms with E-state index < -0.39 is 0 Å². The van der Waals surface area contributed by atoms with Gasteiger partial charge in [0.2, 0.25) is 0 Å². The van der Waals surface area contributed by atoms with E-state index in [0.717, 1.165) is 43.2 Å². The van der Waals surface area contributed by atoms with Crippen LogP contribution in [0.25, 0.3) is 0 Å². The molecular formula is C18H26FN3OS. The van der Waals surface area contributed by atoms with E-state index >= 15 is 0 Å². The summed E-state index contributed by atoms with van der Waals surface area (Å²) < 4.78 is 19.4. The Morgan fingerprint density at radius 2 is 2.25 bits per heavy atom. The van der Waals surface area contributed by atoms with Gasteiger partial charge >= 0.3 is 0 Å². The minimum Gasteiger partial charge on any atom is -0.373 e. The van der Waals surface area contributed by atoms with Gasteiger partial charge in [0.1, 0.15) is 5.82 Å². The van der Waals surface area contributed by atoms with Crippen LogP contribution < -0.4 is 10.6 Å². The maximum Gasteiger partial charge on any atom is 0.191 e. The van der Waals surface area contributed by atoms with Gasteiger partial charge in [-0.3, -0.25) is 4.99 Å². The third-order valence-electron chi connectivity index (χ3n) is 4.49. The van der Waals surface area contributed by atoms with E-state index in [0.29, 0.717) is 24.0 Å². The number of benzene rings is 1. The summed E-state index contributed by atoms with van der Waals surface area (Å²) in [6, 6.07) is 7.33. The van der Waals surface area contributed by atoms with Crippen molar-refractivity contribution in [3.63, 3.8) is 0 Å². The minimum absolute atomic E-state index is 0.125.